The van der Waals surface area contributed by atoms with Gasteiger partial charge in [0.25, 0.3) is 0 Å². The van der Waals surface area contributed by atoms with Gasteiger partial charge in [0.2, 0.25) is 0 Å². The van der Waals surface area contributed by atoms with Crippen LogP contribution < -0.4 is 10.5 Å². The molecule has 0 fully saturated rings. The first-order valence-electron chi connectivity index (χ1n) is 9.18. The Kier molecular flexibility index (Phi) is 5.90. The third kappa shape index (κ3) is 4.42. The van der Waals surface area contributed by atoms with Crippen LogP contribution in [-0.4, -0.2) is 11.6 Å². The molecule has 0 saturated carbocycles. The summed E-state index contributed by atoms with van der Waals surface area (Å²) in [7, 11) is 0. The summed E-state index contributed by atoms with van der Waals surface area (Å²) in [6, 6.07) is 20.2. The van der Waals surface area contributed by atoms with E-state index in [0.717, 1.165) is 41.0 Å². The van der Waals surface area contributed by atoms with Crippen molar-refractivity contribution in [1.82, 2.24) is 4.98 Å². The average molecular weight is 346 g/mol. The Labute approximate surface area is 155 Å². The van der Waals surface area contributed by atoms with Crippen LogP contribution in [0.2, 0.25) is 0 Å². The van der Waals surface area contributed by atoms with Gasteiger partial charge in [-0.15, -0.1) is 0 Å². The molecule has 3 nitrogen and oxygen atoms in total. The van der Waals surface area contributed by atoms with Gasteiger partial charge in [-0.3, -0.25) is 4.98 Å². The summed E-state index contributed by atoms with van der Waals surface area (Å²) in [5.41, 5.74) is 10.8. The molecule has 26 heavy (non-hydrogen) atoms. The number of pyridine rings is 1. The topological polar surface area (TPSA) is 48.1 Å². The number of aromatic nitrogens is 1. The summed E-state index contributed by atoms with van der Waals surface area (Å²) in [6.45, 7) is 5.18. The molecule has 0 unspecified atom stereocenters. The number of nitrogens with zero attached hydrogens (tertiary/aromatic N) is 1. The molecule has 0 aliphatic carbocycles. The van der Waals surface area contributed by atoms with Crippen LogP contribution in [0.15, 0.2) is 66.9 Å². The largest absolute Gasteiger partial charge is 0.493 e. The van der Waals surface area contributed by atoms with E-state index in [4.69, 9.17) is 10.5 Å². The van der Waals surface area contributed by atoms with Crippen LogP contribution in [0.1, 0.15) is 26.7 Å². The van der Waals surface area contributed by atoms with Crippen molar-refractivity contribution >= 4 is 5.69 Å². The van der Waals surface area contributed by atoms with E-state index < -0.39 is 0 Å². The number of anilines is 1. The minimum atomic E-state index is 0.672. The van der Waals surface area contributed by atoms with Crippen LogP contribution in [0.3, 0.4) is 0 Å². The van der Waals surface area contributed by atoms with Crippen LogP contribution in [0.5, 0.6) is 5.75 Å². The second-order valence-electron chi connectivity index (χ2n) is 6.90. The van der Waals surface area contributed by atoms with Crippen molar-refractivity contribution in [1.29, 1.82) is 0 Å². The maximum Gasteiger partial charge on any atom is 0.127 e. The summed E-state index contributed by atoms with van der Waals surface area (Å²) < 4.78 is 6.18. The molecule has 134 valence electrons. The van der Waals surface area contributed by atoms with E-state index in [1.807, 2.05) is 30.3 Å². The van der Waals surface area contributed by atoms with Crippen LogP contribution in [0.25, 0.3) is 22.4 Å². The molecule has 0 amide bonds. The van der Waals surface area contributed by atoms with E-state index >= 15 is 0 Å². The monoisotopic (exact) mass is 346 g/mol. The van der Waals surface area contributed by atoms with Crippen molar-refractivity contribution in [3.05, 3.63) is 66.9 Å². The second kappa shape index (κ2) is 8.52. The number of nitrogen functional groups attached to an aromatic ring is 1. The van der Waals surface area contributed by atoms with Crippen molar-refractivity contribution < 1.29 is 4.74 Å². The van der Waals surface area contributed by atoms with E-state index in [2.05, 4.69) is 49.2 Å². The molecule has 1 aromatic heterocycles. The van der Waals surface area contributed by atoms with Crippen LogP contribution in [0.4, 0.5) is 5.69 Å². The third-order valence-corrected chi connectivity index (χ3v) is 4.36. The highest BCUT2D eigenvalue weighted by atomic mass is 16.5. The highest BCUT2D eigenvalue weighted by Crippen LogP contribution is 2.35. The lowest BCUT2D eigenvalue weighted by atomic mass is 10.0. The maximum atomic E-state index is 6.18. The Morgan fingerprint density at radius 2 is 1.77 bits per heavy atom. The number of benzene rings is 2. The zero-order valence-corrected chi connectivity index (χ0v) is 15.5. The lowest BCUT2D eigenvalue weighted by molar-refractivity contribution is 0.299. The summed E-state index contributed by atoms with van der Waals surface area (Å²) in [6.07, 6.45) is 3.97. The Balaban J connectivity index is 1.93. The maximum absolute atomic E-state index is 6.18. The highest BCUT2D eigenvalue weighted by Gasteiger charge is 2.11. The molecule has 3 rings (SSSR count). The van der Waals surface area contributed by atoms with Gasteiger partial charge in [-0.05, 0) is 48.6 Å². The van der Waals surface area contributed by atoms with E-state index in [1.54, 1.807) is 6.20 Å². The number of nitrogens with two attached hydrogens (primary N) is 1. The first kappa shape index (κ1) is 18.0. The SMILES string of the molecule is CC(C)CCCOc1cc(-c2ncccc2N)ccc1-c1ccccc1. The predicted octanol–water partition coefficient (Wildman–Crippen LogP) is 5.81. The second-order valence-corrected chi connectivity index (χ2v) is 6.90. The molecule has 2 aromatic carbocycles. The molecule has 0 saturated heterocycles. The lowest BCUT2D eigenvalue weighted by Gasteiger charge is -2.15. The van der Waals surface area contributed by atoms with Crippen molar-refractivity contribution in [2.24, 2.45) is 5.92 Å². The minimum absolute atomic E-state index is 0.672. The van der Waals surface area contributed by atoms with Gasteiger partial charge in [0.15, 0.2) is 0 Å². The normalized spacial score (nSPS) is 10.9. The molecule has 1 heterocycles. The standard InChI is InChI=1S/C23H26N2O/c1-17(2)8-7-15-26-22-16-19(23-21(24)11-6-14-25-23)12-13-20(22)18-9-4-3-5-10-18/h3-6,9-14,16-17H,7-8,15,24H2,1-2H3. The Morgan fingerprint density at radius 1 is 0.962 bits per heavy atom. The van der Waals surface area contributed by atoms with Gasteiger partial charge in [-0.25, -0.2) is 0 Å². The fraction of sp³-hybridized carbons (Fsp3) is 0.261. The van der Waals surface area contributed by atoms with E-state index in [1.165, 1.54) is 0 Å². The summed E-state index contributed by atoms with van der Waals surface area (Å²) >= 11 is 0. The molecule has 0 aliphatic heterocycles. The molecule has 0 bridgehead atoms. The van der Waals surface area contributed by atoms with Gasteiger partial charge in [-0.2, -0.15) is 0 Å². The van der Waals surface area contributed by atoms with Crippen molar-refractivity contribution in [3.8, 4) is 28.1 Å². The first-order chi connectivity index (χ1) is 12.6. The lowest BCUT2D eigenvalue weighted by Crippen LogP contribution is -2.01. The van der Waals surface area contributed by atoms with Crippen molar-refractivity contribution in [2.45, 2.75) is 26.7 Å². The average Bonchev–Trinajstić information content (AvgIpc) is 2.66. The zero-order chi connectivity index (χ0) is 18.4. The van der Waals surface area contributed by atoms with Crippen molar-refractivity contribution in [3.63, 3.8) is 0 Å². The Morgan fingerprint density at radius 3 is 2.50 bits per heavy atom. The van der Waals surface area contributed by atoms with E-state index in [9.17, 15) is 0 Å². The molecule has 0 radical (unpaired) electrons. The smallest absolute Gasteiger partial charge is 0.127 e. The molecular formula is C23H26N2O. The molecular weight excluding hydrogens is 320 g/mol. The van der Waals surface area contributed by atoms with Gasteiger partial charge < -0.3 is 10.5 Å². The summed E-state index contributed by atoms with van der Waals surface area (Å²) in [5.74, 6) is 1.56. The fourth-order valence-electron chi connectivity index (χ4n) is 2.98. The number of rotatable bonds is 7. The van der Waals surface area contributed by atoms with Gasteiger partial charge in [0, 0.05) is 17.3 Å². The number of hydrogen-bond acceptors (Lipinski definition) is 3. The molecule has 0 atom stereocenters. The molecule has 3 aromatic rings. The van der Waals surface area contributed by atoms with Crippen LogP contribution in [0, 0.1) is 5.92 Å². The molecule has 0 spiro atoms. The number of hydrogen-bond donors (Lipinski definition) is 1. The van der Waals surface area contributed by atoms with Gasteiger partial charge in [-0.1, -0.05) is 50.2 Å². The summed E-state index contributed by atoms with van der Waals surface area (Å²) in [4.78, 5) is 4.43. The molecule has 3 heteroatoms. The van der Waals surface area contributed by atoms with Crippen LogP contribution >= 0.6 is 0 Å². The van der Waals surface area contributed by atoms with Gasteiger partial charge >= 0.3 is 0 Å². The quantitative estimate of drug-likeness (QED) is 0.549. The van der Waals surface area contributed by atoms with Gasteiger partial charge in [0.05, 0.1) is 18.0 Å². The van der Waals surface area contributed by atoms with Crippen LogP contribution in [-0.2, 0) is 0 Å². The first-order valence-corrected chi connectivity index (χ1v) is 9.18. The molecule has 0 aliphatic rings. The Bertz CT molecular complexity index is 844. The highest BCUT2D eigenvalue weighted by molar-refractivity contribution is 5.79. The van der Waals surface area contributed by atoms with E-state index in [-0.39, 0.29) is 0 Å². The Hall–Kier alpha value is -2.81. The predicted molar refractivity (Wildman–Crippen MR) is 109 cm³/mol. The van der Waals surface area contributed by atoms with Gasteiger partial charge in [0.1, 0.15) is 5.75 Å². The minimum Gasteiger partial charge on any atom is -0.493 e. The van der Waals surface area contributed by atoms with E-state index in [0.29, 0.717) is 18.2 Å². The van der Waals surface area contributed by atoms with Crippen molar-refractivity contribution in [2.75, 3.05) is 12.3 Å². The molecule has 2 N–H and O–H groups in total. The zero-order valence-electron chi connectivity index (χ0n) is 15.5. The fourth-order valence-corrected chi connectivity index (χ4v) is 2.98. The third-order valence-electron chi connectivity index (χ3n) is 4.36. The summed E-state index contributed by atoms with van der Waals surface area (Å²) in [5, 5.41) is 0. The number of ether oxygens (including phenoxy) is 1.